The smallest absolute Gasteiger partial charge is 0.205 e. The van der Waals surface area contributed by atoms with Crippen LogP contribution in [0.25, 0.3) is 0 Å². The van der Waals surface area contributed by atoms with E-state index in [1.165, 1.54) is 25.7 Å². The Morgan fingerprint density at radius 1 is 1.37 bits per heavy atom. The van der Waals surface area contributed by atoms with E-state index in [4.69, 9.17) is 5.84 Å². The van der Waals surface area contributed by atoms with Crippen LogP contribution in [0.5, 0.6) is 0 Å². The summed E-state index contributed by atoms with van der Waals surface area (Å²) in [5.74, 6) is 6.22. The second-order valence-corrected chi connectivity index (χ2v) is 5.01. The minimum atomic E-state index is 0.542. The Morgan fingerprint density at radius 3 is 2.89 bits per heavy atom. The SMILES string of the molecule is NNC(=NCCCCn1ccnc1)NC1CCCC1. The average Bonchev–Trinajstić information content (AvgIpc) is 3.10. The van der Waals surface area contributed by atoms with Crippen LogP contribution in [-0.2, 0) is 6.54 Å². The molecular weight excluding hydrogens is 240 g/mol. The van der Waals surface area contributed by atoms with Gasteiger partial charge in [-0.3, -0.25) is 10.4 Å². The Kier molecular flexibility index (Phi) is 5.68. The van der Waals surface area contributed by atoms with Gasteiger partial charge in [0, 0.05) is 31.5 Å². The highest BCUT2D eigenvalue weighted by Gasteiger charge is 2.15. The molecule has 1 saturated carbocycles. The number of aliphatic imine (C=N–C) groups is 1. The Balaban J connectivity index is 1.61. The van der Waals surface area contributed by atoms with Crippen LogP contribution in [-0.4, -0.2) is 28.1 Å². The fourth-order valence-corrected chi connectivity index (χ4v) is 2.41. The van der Waals surface area contributed by atoms with Crippen molar-refractivity contribution in [1.82, 2.24) is 20.3 Å². The van der Waals surface area contributed by atoms with Gasteiger partial charge >= 0.3 is 0 Å². The Hall–Kier alpha value is -1.56. The van der Waals surface area contributed by atoms with Crippen LogP contribution in [0.1, 0.15) is 38.5 Å². The van der Waals surface area contributed by atoms with Crippen molar-refractivity contribution in [3.63, 3.8) is 0 Å². The number of hydrazine groups is 1. The summed E-state index contributed by atoms with van der Waals surface area (Å²) in [5, 5.41) is 3.37. The van der Waals surface area contributed by atoms with Gasteiger partial charge in [0.25, 0.3) is 0 Å². The Labute approximate surface area is 114 Å². The van der Waals surface area contributed by atoms with Gasteiger partial charge in [0.15, 0.2) is 0 Å². The molecule has 1 aromatic rings. The third-order valence-corrected chi connectivity index (χ3v) is 3.49. The zero-order valence-corrected chi connectivity index (χ0v) is 11.4. The first-order chi connectivity index (χ1) is 9.38. The zero-order chi connectivity index (χ0) is 13.3. The largest absolute Gasteiger partial charge is 0.353 e. The van der Waals surface area contributed by atoms with Crippen LogP contribution < -0.4 is 16.6 Å². The normalized spacial score (nSPS) is 16.8. The summed E-state index contributed by atoms with van der Waals surface area (Å²) in [7, 11) is 0. The van der Waals surface area contributed by atoms with Crippen LogP contribution in [0.2, 0.25) is 0 Å². The van der Waals surface area contributed by atoms with Crippen LogP contribution in [0.3, 0.4) is 0 Å². The fraction of sp³-hybridized carbons (Fsp3) is 0.692. The van der Waals surface area contributed by atoms with E-state index in [9.17, 15) is 0 Å². The van der Waals surface area contributed by atoms with Gasteiger partial charge in [-0.2, -0.15) is 0 Å². The van der Waals surface area contributed by atoms with E-state index in [1.807, 2.05) is 12.5 Å². The summed E-state index contributed by atoms with van der Waals surface area (Å²) in [6.07, 6.45) is 12.8. The summed E-state index contributed by atoms with van der Waals surface area (Å²) >= 11 is 0. The number of unbranched alkanes of at least 4 members (excludes halogenated alkanes) is 1. The number of nitrogens with zero attached hydrogens (tertiary/aromatic N) is 3. The lowest BCUT2D eigenvalue weighted by atomic mass is 10.2. The molecule has 0 radical (unpaired) electrons. The molecule has 1 aromatic heterocycles. The minimum absolute atomic E-state index is 0.542. The molecule has 19 heavy (non-hydrogen) atoms. The zero-order valence-electron chi connectivity index (χ0n) is 11.4. The van der Waals surface area contributed by atoms with E-state index in [0.717, 1.165) is 31.9 Å². The van der Waals surface area contributed by atoms with E-state index >= 15 is 0 Å². The lowest BCUT2D eigenvalue weighted by Crippen LogP contribution is -2.45. The van der Waals surface area contributed by atoms with Gasteiger partial charge in [0.1, 0.15) is 0 Å². The van der Waals surface area contributed by atoms with Crippen molar-refractivity contribution >= 4 is 5.96 Å². The molecule has 1 heterocycles. The van der Waals surface area contributed by atoms with Crippen molar-refractivity contribution in [3.8, 4) is 0 Å². The van der Waals surface area contributed by atoms with E-state index < -0.39 is 0 Å². The molecule has 0 saturated heterocycles. The Bertz CT molecular complexity index is 366. The number of hydrogen-bond acceptors (Lipinski definition) is 3. The van der Waals surface area contributed by atoms with Gasteiger partial charge in [-0.25, -0.2) is 10.8 Å². The summed E-state index contributed by atoms with van der Waals surface area (Å²) in [6, 6.07) is 0.542. The molecule has 6 heteroatoms. The van der Waals surface area contributed by atoms with Crippen molar-refractivity contribution in [2.45, 2.75) is 51.1 Å². The number of nitrogens with one attached hydrogen (secondary N) is 2. The molecule has 2 rings (SSSR count). The van der Waals surface area contributed by atoms with Gasteiger partial charge in [-0.1, -0.05) is 12.8 Å². The van der Waals surface area contributed by atoms with E-state index in [-0.39, 0.29) is 0 Å². The first-order valence-corrected chi connectivity index (χ1v) is 7.12. The van der Waals surface area contributed by atoms with Crippen molar-refractivity contribution < 1.29 is 0 Å². The first kappa shape index (κ1) is 13.9. The number of nitrogens with two attached hydrogens (primary N) is 1. The topological polar surface area (TPSA) is 80.3 Å². The first-order valence-electron chi connectivity index (χ1n) is 7.12. The number of imidazole rings is 1. The fourth-order valence-electron chi connectivity index (χ4n) is 2.41. The van der Waals surface area contributed by atoms with E-state index in [1.54, 1.807) is 6.20 Å². The molecular formula is C13H24N6. The highest BCUT2D eigenvalue weighted by Crippen LogP contribution is 2.17. The minimum Gasteiger partial charge on any atom is -0.353 e. The maximum absolute atomic E-state index is 5.49. The molecule has 0 amide bonds. The summed E-state index contributed by atoms with van der Waals surface area (Å²) in [4.78, 5) is 8.49. The molecule has 0 aromatic carbocycles. The number of rotatable bonds is 6. The van der Waals surface area contributed by atoms with Crippen LogP contribution >= 0.6 is 0 Å². The number of aromatic nitrogens is 2. The highest BCUT2D eigenvalue weighted by atomic mass is 15.3. The molecule has 0 unspecified atom stereocenters. The predicted molar refractivity (Wildman–Crippen MR) is 76.5 cm³/mol. The van der Waals surface area contributed by atoms with Gasteiger partial charge in [-0.05, 0) is 25.7 Å². The van der Waals surface area contributed by atoms with Crippen LogP contribution in [0, 0.1) is 0 Å². The molecule has 6 nitrogen and oxygen atoms in total. The standard InChI is InChI=1S/C13H24N6/c14-18-13(17-12-5-1-2-6-12)16-7-3-4-9-19-10-8-15-11-19/h8,10-12H,1-7,9,14H2,(H2,16,17,18). The molecule has 1 fully saturated rings. The molecule has 106 valence electrons. The maximum atomic E-state index is 5.49. The highest BCUT2D eigenvalue weighted by molar-refractivity contribution is 5.79. The lowest BCUT2D eigenvalue weighted by molar-refractivity contribution is 0.600. The Morgan fingerprint density at radius 2 is 2.21 bits per heavy atom. The molecule has 4 N–H and O–H groups in total. The quantitative estimate of drug-likeness (QED) is 0.235. The van der Waals surface area contributed by atoms with Crippen LogP contribution in [0.15, 0.2) is 23.7 Å². The van der Waals surface area contributed by atoms with Crippen molar-refractivity contribution in [1.29, 1.82) is 0 Å². The van der Waals surface area contributed by atoms with Crippen molar-refractivity contribution in [2.24, 2.45) is 10.8 Å². The second kappa shape index (κ2) is 7.78. The van der Waals surface area contributed by atoms with Gasteiger partial charge < -0.3 is 9.88 Å². The predicted octanol–water partition coefficient (Wildman–Crippen LogP) is 1.01. The molecule has 0 aliphatic heterocycles. The number of aryl methyl sites for hydroxylation is 1. The van der Waals surface area contributed by atoms with Crippen molar-refractivity contribution in [2.75, 3.05) is 6.54 Å². The molecule has 0 atom stereocenters. The third-order valence-electron chi connectivity index (χ3n) is 3.49. The van der Waals surface area contributed by atoms with E-state index in [2.05, 4.69) is 25.3 Å². The maximum Gasteiger partial charge on any atom is 0.205 e. The van der Waals surface area contributed by atoms with Gasteiger partial charge in [-0.15, -0.1) is 0 Å². The van der Waals surface area contributed by atoms with Crippen molar-refractivity contribution in [3.05, 3.63) is 18.7 Å². The number of hydrogen-bond donors (Lipinski definition) is 3. The third kappa shape index (κ3) is 4.90. The second-order valence-electron chi connectivity index (χ2n) is 5.01. The molecule has 1 aliphatic rings. The average molecular weight is 264 g/mol. The number of guanidine groups is 1. The van der Waals surface area contributed by atoms with E-state index in [0.29, 0.717) is 6.04 Å². The van der Waals surface area contributed by atoms with Crippen LogP contribution in [0.4, 0.5) is 0 Å². The summed E-state index contributed by atoms with van der Waals surface area (Å²) < 4.78 is 2.09. The molecule has 0 spiro atoms. The summed E-state index contributed by atoms with van der Waals surface area (Å²) in [5.41, 5.74) is 2.66. The molecule has 1 aliphatic carbocycles. The van der Waals surface area contributed by atoms with Gasteiger partial charge in [0.05, 0.1) is 6.33 Å². The van der Waals surface area contributed by atoms with Gasteiger partial charge in [0.2, 0.25) is 5.96 Å². The lowest BCUT2D eigenvalue weighted by Gasteiger charge is -2.14. The molecule has 0 bridgehead atoms. The summed E-state index contributed by atoms with van der Waals surface area (Å²) in [6.45, 7) is 1.80. The monoisotopic (exact) mass is 264 g/mol.